The fourth-order valence-corrected chi connectivity index (χ4v) is 1.95. The second-order valence-electron chi connectivity index (χ2n) is 2.50. The number of hydrogen-bond donors (Lipinski definition) is 0. The van der Waals surface area contributed by atoms with E-state index >= 15 is 0 Å². The minimum Gasteiger partial charge on any atom is -0.249 e. The van der Waals surface area contributed by atoms with Crippen molar-refractivity contribution in [1.82, 2.24) is 4.98 Å². The fourth-order valence-electron chi connectivity index (χ4n) is 1.09. The van der Waals surface area contributed by atoms with Crippen LogP contribution in [-0.2, 0) is 0 Å². The van der Waals surface area contributed by atoms with Crippen LogP contribution in [0.2, 0.25) is 0 Å². The first-order valence-corrected chi connectivity index (χ1v) is 5.34. The number of fused-ring (bicyclic) bond motifs is 1. The van der Waals surface area contributed by atoms with Crippen LogP contribution in [0.4, 0.5) is 0 Å². The second kappa shape index (κ2) is 3.30. The molecule has 0 aliphatic carbocycles. The van der Waals surface area contributed by atoms with Gasteiger partial charge in [0, 0.05) is 15.2 Å². The lowest BCUT2D eigenvalue weighted by atomic mass is 10.2. The van der Waals surface area contributed by atoms with Gasteiger partial charge < -0.3 is 0 Å². The van der Waals surface area contributed by atoms with Crippen LogP contribution >= 0.6 is 38.5 Å². The third kappa shape index (κ3) is 1.61. The first-order chi connectivity index (χ1) is 5.75. The van der Waals surface area contributed by atoms with E-state index in [1.54, 1.807) is 0 Å². The molecule has 1 heterocycles. The fraction of sp³-hybridized carbons (Fsp3) is 0. The monoisotopic (exact) mass is 333 g/mol. The Balaban J connectivity index is 2.79. The number of halogens is 2. The summed E-state index contributed by atoms with van der Waals surface area (Å²) >= 11 is 5.63. The molecule has 0 saturated heterocycles. The van der Waals surface area contributed by atoms with Crippen LogP contribution in [0.15, 0.2) is 35.1 Å². The van der Waals surface area contributed by atoms with Crippen molar-refractivity contribution < 1.29 is 0 Å². The molecule has 1 nitrogen and oxygen atoms in total. The van der Waals surface area contributed by atoms with Gasteiger partial charge in [0.15, 0.2) is 0 Å². The third-order valence-electron chi connectivity index (χ3n) is 1.65. The van der Waals surface area contributed by atoms with E-state index in [0.717, 1.165) is 4.60 Å². The molecule has 0 radical (unpaired) electrons. The molecule has 2 rings (SSSR count). The first kappa shape index (κ1) is 8.44. The summed E-state index contributed by atoms with van der Waals surface area (Å²) in [6.45, 7) is 0. The lowest BCUT2D eigenvalue weighted by molar-refractivity contribution is 1.31. The first-order valence-electron chi connectivity index (χ1n) is 3.46. The smallest absolute Gasteiger partial charge is 0.106 e. The average molecular weight is 334 g/mol. The normalized spacial score (nSPS) is 10.5. The van der Waals surface area contributed by atoms with E-state index in [9.17, 15) is 0 Å². The molecule has 3 heteroatoms. The minimum atomic E-state index is 0.885. The summed E-state index contributed by atoms with van der Waals surface area (Å²) in [7, 11) is 0. The molecule has 1 aromatic heterocycles. The average Bonchev–Trinajstić information content (AvgIpc) is 2.05. The van der Waals surface area contributed by atoms with Crippen LogP contribution in [-0.4, -0.2) is 4.98 Å². The molecular weight excluding hydrogens is 329 g/mol. The van der Waals surface area contributed by atoms with E-state index in [2.05, 4.69) is 61.7 Å². The number of pyridine rings is 1. The molecule has 0 fully saturated rings. The molecule has 0 saturated carbocycles. The van der Waals surface area contributed by atoms with Gasteiger partial charge in [0.2, 0.25) is 0 Å². The van der Waals surface area contributed by atoms with E-state index in [0.29, 0.717) is 0 Å². The topological polar surface area (TPSA) is 12.9 Å². The standard InChI is InChI=1S/C9H5BrIN/c10-9-4-6-1-2-8(11)3-7(6)5-12-9/h1-5H. The van der Waals surface area contributed by atoms with Gasteiger partial charge in [-0.2, -0.15) is 0 Å². The van der Waals surface area contributed by atoms with Gasteiger partial charge in [-0.25, -0.2) is 4.98 Å². The van der Waals surface area contributed by atoms with Crippen molar-refractivity contribution in [2.24, 2.45) is 0 Å². The lowest BCUT2D eigenvalue weighted by Crippen LogP contribution is -1.78. The summed E-state index contributed by atoms with van der Waals surface area (Å²) in [6.07, 6.45) is 1.88. The second-order valence-corrected chi connectivity index (χ2v) is 4.56. The van der Waals surface area contributed by atoms with Crippen LogP contribution in [0.1, 0.15) is 0 Å². The highest BCUT2D eigenvalue weighted by molar-refractivity contribution is 14.1. The Labute approximate surface area is 92.5 Å². The molecule has 2 aromatic rings. The molecule has 0 amide bonds. The third-order valence-corrected chi connectivity index (χ3v) is 2.76. The van der Waals surface area contributed by atoms with Gasteiger partial charge in [0.25, 0.3) is 0 Å². The Hall–Kier alpha value is -0.160. The van der Waals surface area contributed by atoms with E-state index in [4.69, 9.17) is 0 Å². The summed E-state index contributed by atoms with van der Waals surface area (Å²) in [5, 5.41) is 2.40. The largest absolute Gasteiger partial charge is 0.249 e. The minimum absolute atomic E-state index is 0.885. The molecule has 0 aliphatic rings. The highest BCUT2D eigenvalue weighted by atomic mass is 127. The molecule has 12 heavy (non-hydrogen) atoms. The summed E-state index contributed by atoms with van der Waals surface area (Å²) in [4.78, 5) is 4.16. The van der Waals surface area contributed by atoms with Crippen molar-refractivity contribution in [3.8, 4) is 0 Å². The summed E-state index contributed by atoms with van der Waals surface area (Å²) < 4.78 is 2.13. The van der Waals surface area contributed by atoms with Crippen molar-refractivity contribution in [3.05, 3.63) is 38.6 Å². The predicted molar refractivity (Wildman–Crippen MR) is 62.2 cm³/mol. The van der Waals surface area contributed by atoms with Crippen LogP contribution in [0, 0.1) is 3.57 Å². The molecule has 0 unspecified atom stereocenters. The summed E-state index contributed by atoms with van der Waals surface area (Å²) in [6, 6.07) is 8.33. The van der Waals surface area contributed by atoms with Gasteiger partial charge in [-0.15, -0.1) is 0 Å². The zero-order chi connectivity index (χ0) is 8.55. The molecule has 0 spiro atoms. The van der Waals surface area contributed by atoms with Crippen LogP contribution in [0.25, 0.3) is 10.8 Å². The molecule has 0 atom stereocenters. The molecule has 0 bridgehead atoms. The zero-order valence-electron chi connectivity index (χ0n) is 6.09. The predicted octanol–water partition coefficient (Wildman–Crippen LogP) is 3.60. The molecule has 60 valence electrons. The summed E-state index contributed by atoms with van der Waals surface area (Å²) in [5.74, 6) is 0. The van der Waals surface area contributed by atoms with Crippen molar-refractivity contribution in [3.63, 3.8) is 0 Å². The van der Waals surface area contributed by atoms with E-state index in [1.165, 1.54) is 14.3 Å². The van der Waals surface area contributed by atoms with Gasteiger partial charge in [-0.05, 0) is 62.1 Å². The number of benzene rings is 1. The number of rotatable bonds is 0. The van der Waals surface area contributed by atoms with Crippen LogP contribution < -0.4 is 0 Å². The molecule has 0 N–H and O–H groups in total. The molecule has 0 aliphatic heterocycles. The van der Waals surface area contributed by atoms with Gasteiger partial charge in [-0.1, -0.05) is 6.07 Å². The summed E-state index contributed by atoms with van der Waals surface area (Å²) in [5.41, 5.74) is 0. The Morgan fingerprint density at radius 3 is 2.83 bits per heavy atom. The maximum atomic E-state index is 4.16. The van der Waals surface area contributed by atoms with Gasteiger partial charge >= 0.3 is 0 Å². The maximum Gasteiger partial charge on any atom is 0.106 e. The van der Waals surface area contributed by atoms with Crippen molar-refractivity contribution in [2.45, 2.75) is 0 Å². The quantitative estimate of drug-likeness (QED) is 0.530. The highest BCUT2D eigenvalue weighted by Crippen LogP contribution is 2.19. The number of nitrogens with zero attached hydrogens (tertiary/aromatic N) is 1. The van der Waals surface area contributed by atoms with Gasteiger partial charge in [0.1, 0.15) is 4.60 Å². The van der Waals surface area contributed by atoms with Crippen LogP contribution in [0.5, 0.6) is 0 Å². The van der Waals surface area contributed by atoms with E-state index in [1.807, 2.05) is 12.3 Å². The van der Waals surface area contributed by atoms with Gasteiger partial charge in [0.05, 0.1) is 0 Å². The van der Waals surface area contributed by atoms with E-state index < -0.39 is 0 Å². The molecule has 1 aromatic carbocycles. The van der Waals surface area contributed by atoms with Crippen molar-refractivity contribution in [1.29, 1.82) is 0 Å². The van der Waals surface area contributed by atoms with E-state index in [-0.39, 0.29) is 0 Å². The van der Waals surface area contributed by atoms with Crippen molar-refractivity contribution >= 4 is 49.3 Å². The number of aromatic nitrogens is 1. The Kier molecular flexibility index (Phi) is 2.32. The lowest BCUT2D eigenvalue weighted by Gasteiger charge is -1.97. The Morgan fingerprint density at radius 2 is 2.00 bits per heavy atom. The Bertz CT molecular complexity index is 387. The highest BCUT2D eigenvalue weighted by Gasteiger charge is 1.95. The molecular formula is C9H5BrIN. The van der Waals surface area contributed by atoms with Crippen molar-refractivity contribution in [2.75, 3.05) is 0 Å². The Morgan fingerprint density at radius 1 is 1.17 bits per heavy atom. The van der Waals surface area contributed by atoms with Gasteiger partial charge in [-0.3, -0.25) is 0 Å². The number of hydrogen-bond acceptors (Lipinski definition) is 1. The zero-order valence-corrected chi connectivity index (χ0v) is 9.83. The SMILES string of the molecule is Brc1cc2ccc(I)cc2cn1. The maximum absolute atomic E-state index is 4.16. The van der Waals surface area contributed by atoms with Crippen LogP contribution in [0.3, 0.4) is 0 Å².